The van der Waals surface area contributed by atoms with Crippen molar-refractivity contribution in [3.8, 4) is 0 Å². The van der Waals surface area contributed by atoms with Gasteiger partial charge in [0, 0.05) is 20.1 Å². The summed E-state index contributed by atoms with van der Waals surface area (Å²) in [6, 6.07) is 8.11. The van der Waals surface area contributed by atoms with Crippen LogP contribution >= 0.6 is 11.3 Å². The molecule has 1 aromatic carbocycles. The Morgan fingerprint density at radius 2 is 2.14 bits per heavy atom. The molecule has 5 nitrogen and oxygen atoms in total. The molecule has 1 aromatic heterocycles. The third-order valence-corrected chi connectivity index (χ3v) is 4.23. The van der Waals surface area contributed by atoms with Gasteiger partial charge in [0.1, 0.15) is 0 Å². The molecule has 0 radical (unpaired) electrons. The third-order valence-electron chi connectivity index (χ3n) is 3.13. The van der Waals surface area contributed by atoms with Gasteiger partial charge in [0.05, 0.1) is 35.0 Å². The standard InChI is InChI=1S/C16H22N2O3S/c1-20-11-12-21-10-9-17-15(19)7-4-8-16-18-13-5-2-3-6-14(13)22-16/h2-3,5-6H,4,7-12H2,1H3,(H,17,19). The fourth-order valence-corrected chi connectivity index (χ4v) is 3.03. The number of fused-ring (bicyclic) bond motifs is 1. The fourth-order valence-electron chi connectivity index (χ4n) is 2.02. The van der Waals surface area contributed by atoms with Crippen LogP contribution in [-0.4, -0.2) is 44.4 Å². The number of rotatable bonds is 10. The van der Waals surface area contributed by atoms with Gasteiger partial charge in [-0.05, 0) is 25.0 Å². The first-order valence-corrected chi connectivity index (χ1v) is 8.29. The number of para-hydroxylation sites is 1. The van der Waals surface area contributed by atoms with Gasteiger partial charge in [0.15, 0.2) is 0 Å². The molecule has 0 atom stereocenters. The van der Waals surface area contributed by atoms with Crippen LogP contribution in [0.15, 0.2) is 24.3 Å². The predicted octanol–water partition coefficient (Wildman–Crippen LogP) is 2.40. The molecular formula is C16H22N2O3S. The Balaban J connectivity index is 1.58. The highest BCUT2D eigenvalue weighted by Crippen LogP contribution is 2.22. The molecule has 0 unspecified atom stereocenters. The minimum Gasteiger partial charge on any atom is -0.382 e. The van der Waals surface area contributed by atoms with E-state index in [-0.39, 0.29) is 5.91 Å². The highest BCUT2D eigenvalue weighted by Gasteiger charge is 2.05. The van der Waals surface area contributed by atoms with Gasteiger partial charge in [-0.25, -0.2) is 4.98 Å². The number of carbonyl (C=O) groups excluding carboxylic acids is 1. The van der Waals surface area contributed by atoms with Crippen molar-refractivity contribution in [3.05, 3.63) is 29.3 Å². The molecule has 0 aliphatic heterocycles. The van der Waals surface area contributed by atoms with Gasteiger partial charge in [0.25, 0.3) is 0 Å². The van der Waals surface area contributed by atoms with Crippen LogP contribution in [0.3, 0.4) is 0 Å². The van der Waals surface area contributed by atoms with E-state index in [4.69, 9.17) is 9.47 Å². The number of methoxy groups -OCH3 is 1. The summed E-state index contributed by atoms with van der Waals surface area (Å²) in [6.45, 7) is 2.21. The van der Waals surface area contributed by atoms with Gasteiger partial charge in [-0.15, -0.1) is 11.3 Å². The molecule has 0 spiro atoms. The van der Waals surface area contributed by atoms with Gasteiger partial charge >= 0.3 is 0 Å². The highest BCUT2D eigenvalue weighted by molar-refractivity contribution is 7.18. The Morgan fingerprint density at radius 3 is 2.95 bits per heavy atom. The molecule has 0 saturated carbocycles. The summed E-state index contributed by atoms with van der Waals surface area (Å²) in [5.74, 6) is 0.0662. The van der Waals surface area contributed by atoms with Crippen molar-refractivity contribution in [1.29, 1.82) is 0 Å². The average molecular weight is 322 g/mol. The Bertz CT molecular complexity index is 553. The zero-order chi connectivity index (χ0) is 15.6. The molecule has 6 heteroatoms. The quantitative estimate of drug-likeness (QED) is 0.682. The van der Waals surface area contributed by atoms with Crippen LogP contribution in [0, 0.1) is 0 Å². The zero-order valence-corrected chi connectivity index (χ0v) is 13.7. The van der Waals surface area contributed by atoms with Crippen molar-refractivity contribution < 1.29 is 14.3 Å². The number of hydrogen-bond acceptors (Lipinski definition) is 5. The van der Waals surface area contributed by atoms with Gasteiger partial charge in [-0.3, -0.25) is 4.79 Å². The summed E-state index contributed by atoms with van der Waals surface area (Å²) in [6.07, 6.45) is 2.18. The zero-order valence-electron chi connectivity index (χ0n) is 12.8. The number of thiazole rings is 1. The Morgan fingerprint density at radius 1 is 1.27 bits per heavy atom. The maximum absolute atomic E-state index is 11.7. The molecule has 0 fully saturated rings. The lowest BCUT2D eigenvalue weighted by Gasteiger charge is -2.05. The van der Waals surface area contributed by atoms with E-state index in [1.165, 1.54) is 4.70 Å². The first-order valence-electron chi connectivity index (χ1n) is 7.47. The second-order valence-electron chi connectivity index (χ2n) is 4.88. The van der Waals surface area contributed by atoms with Crippen molar-refractivity contribution in [2.24, 2.45) is 0 Å². The van der Waals surface area contributed by atoms with Crippen LogP contribution in [0.5, 0.6) is 0 Å². The summed E-state index contributed by atoms with van der Waals surface area (Å²) in [5, 5.41) is 3.95. The van der Waals surface area contributed by atoms with Crippen LogP contribution in [0.25, 0.3) is 10.2 Å². The first-order chi connectivity index (χ1) is 10.8. The largest absolute Gasteiger partial charge is 0.382 e. The van der Waals surface area contributed by atoms with Crippen molar-refractivity contribution in [1.82, 2.24) is 10.3 Å². The number of aryl methyl sites for hydroxylation is 1. The lowest BCUT2D eigenvalue weighted by Crippen LogP contribution is -2.27. The van der Waals surface area contributed by atoms with Crippen molar-refractivity contribution >= 4 is 27.5 Å². The molecule has 22 heavy (non-hydrogen) atoms. The predicted molar refractivity (Wildman–Crippen MR) is 88.3 cm³/mol. The van der Waals surface area contributed by atoms with E-state index < -0.39 is 0 Å². The van der Waals surface area contributed by atoms with E-state index >= 15 is 0 Å². The molecule has 2 rings (SSSR count). The van der Waals surface area contributed by atoms with E-state index in [0.29, 0.717) is 32.8 Å². The average Bonchev–Trinajstić information content (AvgIpc) is 2.93. The van der Waals surface area contributed by atoms with Crippen molar-refractivity contribution in [2.45, 2.75) is 19.3 Å². The molecule has 0 aliphatic carbocycles. The molecule has 1 amide bonds. The number of benzene rings is 1. The molecule has 1 heterocycles. The number of amides is 1. The van der Waals surface area contributed by atoms with Crippen molar-refractivity contribution in [3.63, 3.8) is 0 Å². The fraction of sp³-hybridized carbons (Fsp3) is 0.500. The van der Waals surface area contributed by atoms with Crippen LogP contribution in [0.1, 0.15) is 17.8 Å². The van der Waals surface area contributed by atoms with E-state index in [0.717, 1.165) is 23.4 Å². The topological polar surface area (TPSA) is 60.5 Å². The van der Waals surface area contributed by atoms with E-state index in [9.17, 15) is 4.79 Å². The summed E-state index contributed by atoms with van der Waals surface area (Å²) < 4.78 is 11.4. The second kappa shape index (κ2) is 9.50. The minimum atomic E-state index is 0.0662. The maximum atomic E-state index is 11.7. The minimum absolute atomic E-state index is 0.0662. The maximum Gasteiger partial charge on any atom is 0.220 e. The third kappa shape index (κ3) is 5.71. The lowest BCUT2D eigenvalue weighted by atomic mass is 10.2. The Hall–Kier alpha value is -1.50. The Labute approximate surface area is 134 Å². The van der Waals surface area contributed by atoms with E-state index in [1.54, 1.807) is 18.4 Å². The molecular weight excluding hydrogens is 300 g/mol. The number of nitrogens with one attached hydrogen (secondary N) is 1. The van der Waals surface area contributed by atoms with Crippen LogP contribution < -0.4 is 5.32 Å². The monoisotopic (exact) mass is 322 g/mol. The lowest BCUT2D eigenvalue weighted by molar-refractivity contribution is -0.121. The Kier molecular flexibility index (Phi) is 7.28. The molecule has 2 aromatic rings. The van der Waals surface area contributed by atoms with Gasteiger partial charge in [-0.2, -0.15) is 0 Å². The van der Waals surface area contributed by atoms with Crippen LogP contribution in [-0.2, 0) is 20.7 Å². The molecule has 0 saturated heterocycles. The highest BCUT2D eigenvalue weighted by atomic mass is 32.1. The van der Waals surface area contributed by atoms with Crippen LogP contribution in [0.4, 0.5) is 0 Å². The van der Waals surface area contributed by atoms with Gasteiger partial charge in [-0.1, -0.05) is 12.1 Å². The molecule has 1 N–H and O–H groups in total. The molecule has 0 aliphatic rings. The second-order valence-corrected chi connectivity index (χ2v) is 6.00. The number of nitrogens with zero attached hydrogens (tertiary/aromatic N) is 1. The normalized spacial score (nSPS) is 11.0. The summed E-state index contributed by atoms with van der Waals surface area (Å²) in [5.41, 5.74) is 1.04. The number of aromatic nitrogens is 1. The summed E-state index contributed by atoms with van der Waals surface area (Å²) >= 11 is 1.70. The summed E-state index contributed by atoms with van der Waals surface area (Å²) in [4.78, 5) is 16.3. The van der Waals surface area contributed by atoms with Crippen molar-refractivity contribution in [2.75, 3.05) is 33.5 Å². The molecule has 120 valence electrons. The number of hydrogen-bond donors (Lipinski definition) is 1. The smallest absolute Gasteiger partial charge is 0.220 e. The number of ether oxygens (including phenoxy) is 2. The summed E-state index contributed by atoms with van der Waals surface area (Å²) in [7, 11) is 1.64. The number of carbonyl (C=O) groups is 1. The SMILES string of the molecule is COCCOCCNC(=O)CCCc1nc2ccccc2s1. The van der Waals surface area contributed by atoms with Crippen LogP contribution in [0.2, 0.25) is 0 Å². The first kappa shape index (κ1) is 16.9. The van der Waals surface area contributed by atoms with E-state index in [2.05, 4.69) is 16.4 Å². The van der Waals surface area contributed by atoms with Gasteiger partial charge in [0.2, 0.25) is 5.91 Å². The van der Waals surface area contributed by atoms with E-state index in [1.807, 2.05) is 18.2 Å². The van der Waals surface area contributed by atoms with Gasteiger partial charge < -0.3 is 14.8 Å². The molecule has 0 bridgehead atoms.